The first-order valence-corrected chi connectivity index (χ1v) is 7.82. The molecule has 0 radical (unpaired) electrons. The van der Waals surface area contributed by atoms with Crippen LogP contribution in [0, 0.1) is 0 Å². The molecule has 3 heteroatoms. The minimum atomic E-state index is -0.387. The van der Waals surface area contributed by atoms with Crippen LogP contribution in [0.2, 0.25) is 0 Å². The molecule has 1 aromatic carbocycles. The molecule has 1 aliphatic heterocycles. The van der Waals surface area contributed by atoms with Gasteiger partial charge in [0.15, 0.2) is 5.79 Å². The second-order valence-corrected chi connectivity index (χ2v) is 5.59. The van der Waals surface area contributed by atoms with Gasteiger partial charge in [-0.2, -0.15) is 0 Å². The number of hydrogen-bond acceptors (Lipinski definition) is 2. The van der Waals surface area contributed by atoms with Gasteiger partial charge < -0.3 is 9.47 Å². The number of halogens is 1. The topological polar surface area (TPSA) is 18.5 Å². The van der Waals surface area contributed by atoms with Gasteiger partial charge in [-0.3, -0.25) is 0 Å². The Kier molecular flexibility index (Phi) is 5.22. The van der Waals surface area contributed by atoms with Gasteiger partial charge in [0.1, 0.15) is 0 Å². The van der Waals surface area contributed by atoms with Crippen molar-refractivity contribution >= 4 is 15.9 Å². The lowest BCUT2D eigenvalue weighted by atomic mass is 10.1. The van der Waals surface area contributed by atoms with Gasteiger partial charge in [-0.15, -0.1) is 0 Å². The van der Waals surface area contributed by atoms with Crippen LogP contribution in [-0.4, -0.2) is 11.1 Å². The molecule has 0 spiro atoms. The largest absolute Gasteiger partial charge is 0.345 e. The zero-order valence-electron chi connectivity index (χ0n) is 11.0. The minimum absolute atomic E-state index is 0.387. The average Bonchev–Trinajstić information content (AvgIpc) is 2.58. The summed E-state index contributed by atoms with van der Waals surface area (Å²) >= 11 is 3.49. The smallest absolute Gasteiger partial charge is 0.169 e. The maximum absolute atomic E-state index is 6.12. The maximum Gasteiger partial charge on any atom is 0.169 e. The molecule has 0 bridgehead atoms. The molecule has 0 saturated heterocycles. The Balaban J connectivity index is 2.11. The van der Waals surface area contributed by atoms with E-state index in [0.717, 1.165) is 31.0 Å². The minimum Gasteiger partial charge on any atom is -0.345 e. The summed E-state index contributed by atoms with van der Waals surface area (Å²) in [6.45, 7) is 3.51. The Labute approximate surface area is 118 Å². The lowest BCUT2D eigenvalue weighted by molar-refractivity contribution is -0.251. The molecule has 18 heavy (non-hydrogen) atoms. The first-order chi connectivity index (χ1) is 8.79. The van der Waals surface area contributed by atoms with Gasteiger partial charge in [-0.25, -0.2) is 0 Å². The van der Waals surface area contributed by atoms with E-state index in [-0.39, 0.29) is 5.79 Å². The molecular formula is C15H21BrO2. The Morgan fingerprint density at radius 1 is 1.11 bits per heavy atom. The highest BCUT2D eigenvalue weighted by atomic mass is 79.9. The summed E-state index contributed by atoms with van der Waals surface area (Å²) < 4.78 is 12.2. The predicted molar refractivity (Wildman–Crippen MR) is 76.7 cm³/mol. The van der Waals surface area contributed by atoms with Crippen LogP contribution in [0.1, 0.15) is 43.7 Å². The van der Waals surface area contributed by atoms with Crippen molar-refractivity contribution in [1.82, 2.24) is 0 Å². The van der Waals surface area contributed by atoms with Gasteiger partial charge in [0.2, 0.25) is 0 Å². The molecule has 0 unspecified atom stereocenters. The maximum atomic E-state index is 6.12. The Hall–Kier alpha value is -0.380. The molecule has 0 atom stereocenters. The third-order valence-corrected chi connectivity index (χ3v) is 3.98. The molecule has 0 N–H and O–H groups in total. The first kappa shape index (κ1) is 14.0. The van der Waals surface area contributed by atoms with E-state index in [9.17, 15) is 0 Å². The summed E-state index contributed by atoms with van der Waals surface area (Å²) in [4.78, 5) is 0. The second kappa shape index (κ2) is 6.69. The second-order valence-electron chi connectivity index (χ2n) is 4.80. The third-order valence-electron chi connectivity index (χ3n) is 3.42. The number of fused-ring (bicyclic) bond motifs is 1. The van der Waals surface area contributed by atoms with Crippen molar-refractivity contribution in [3.63, 3.8) is 0 Å². The fraction of sp³-hybridized carbons (Fsp3) is 0.600. The highest BCUT2D eigenvalue weighted by Gasteiger charge is 2.33. The quantitative estimate of drug-likeness (QED) is 0.750. The Morgan fingerprint density at radius 3 is 2.22 bits per heavy atom. The van der Waals surface area contributed by atoms with E-state index in [1.807, 2.05) is 0 Å². The van der Waals surface area contributed by atoms with Crippen molar-refractivity contribution in [3.8, 4) is 0 Å². The van der Waals surface area contributed by atoms with E-state index in [0.29, 0.717) is 13.2 Å². The molecule has 1 heterocycles. The normalized spacial score (nSPS) is 18.1. The highest BCUT2D eigenvalue weighted by Crippen LogP contribution is 2.32. The molecule has 0 amide bonds. The van der Waals surface area contributed by atoms with Crippen LogP contribution in [-0.2, 0) is 22.7 Å². The summed E-state index contributed by atoms with van der Waals surface area (Å²) in [6, 6.07) is 8.39. The monoisotopic (exact) mass is 312 g/mol. The lowest BCUT2D eigenvalue weighted by Crippen LogP contribution is -2.34. The molecule has 0 aliphatic carbocycles. The Bertz CT molecular complexity index is 352. The number of ether oxygens (including phenoxy) is 2. The molecule has 0 saturated carbocycles. The molecule has 1 aromatic rings. The fourth-order valence-corrected chi connectivity index (χ4v) is 2.71. The zero-order valence-corrected chi connectivity index (χ0v) is 12.5. The molecule has 2 nitrogen and oxygen atoms in total. The van der Waals surface area contributed by atoms with E-state index in [1.165, 1.54) is 11.1 Å². The van der Waals surface area contributed by atoms with Crippen molar-refractivity contribution in [2.45, 2.75) is 51.6 Å². The summed E-state index contributed by atoms with van der Waals surface area (Å²) in [7, 11) is 0. The van der Waals surface area contributed by atoms with Crippen LogP contribution >= 0.6 is 15.9 Å². The summed E-state index contributed by atoms with van der Waals surface area (Å²) in [6.07, 6.45) is 4.09. The van der Waals surface area contributed by atoms with Gasteiger partial charge in [0, 0.05) is 18.2 Å². The SMILES string of the molecule is CCCC1(CCCBr)OCc2ccccc2CO1. The van der Waals surface area contributed by atoms with Crippen LogP contribution in [0.5, 0.6) is 0 Å². The summed E-state index contributed by atoms with van der Waals surface area (Å²) in [5.74, 6) is -0.387. The van der Waals surface area contributed by atoms with Crippen molar-refractivity contribution in [2.75, 3.05) is 5.33 Å². The summed E-state index contributed by atoms with van der Waals surface area (Å²) in [5, 5.41) is 0.998. The number of benzene rings is 1. The predicted octanol–water partition coefficient (Wildman–Crippen LogP) is 4.40. The molecule has 1 aliphatic rings. The van der Waals surface area contributed by atoms with Gasteiger partial charge >= 0.3 is 0 Å². The van der Waals surface area contributed by atoms with Gasteiger partial charge in [-0.05, 0) is 17.5 Å². The number of hydrogen-bond donors (Lipinski definition) is 0. The van der Waals surface area contributed by atoms with Gasteiger partial charge in [0.05, 0.1) is 13.2 Å². The van der Waals surface area contributed by atoms with E-state index < -0.39 is 0 Å². The zero-order chi connectivity index (χ0) is 12.8. The van der Waals surface area contributed by atoms with E-state index >= 15 is 0 Å². The number of rotatable bonds is 5. The van der Waals surface area contributed by atoms with E-state index in [1.54, 1.807) is 0 Å². The van der Waals surface area contributed by atoms with Crippen molar-refractivity contribution < 1.29 is 9.47 Å². The standard InChI is InChI=1S/C15H21BrO2/c1-2-8-15(9-5-10-16)17-11-13-6-3-4-7-14(13)12-18-15/h3-4,6-7H,2,5,8-12H2,1H3. The van der Waals surface area contributed by atoms with Crippen molar-refractivity contribution in [1.29, 1.82) is 0 Å². The fourth-order valence-electron chi connectivity index (χ4n) is 2.43. The van der Waals surface area contributed by atoms with Crippen LogP contribution in [0.4, 0.5) is 0 Å². The highest BCUT2D eigenvalue weighted by molar-refractivity contribution is 9.09. The molecule has 100 valence electrons. The molecule has 0 fully saturated rings. The van der Waals surface area contributed by atoms with Crippen molar-refractivity contribution in [2.24, 2.45) is 0 Å². The van der Waals surface area contributed by atoms with Crippen LogP contribution in [0.25, 0.3) is 0 Å². The van der Waals surface area contributed by atoms with Crippen LogP contribution in [0.3, 0.4) is 0 Å². The lowest BCUT2D eigenvalue weighted by Gasteiger charge is -2.32. The summed E-state index contributed by atoms with van der Waals surface area (Å²) in [5.41, 5.74) is 2.52. The van der Waals surface area contributed by atoms with Crippen LogP contribution in [0.15, 0.2) is 24.3 Å². The van der Waals surface area contributed by atoms with Crippen molar-refractivity contribution in [3.05, 3.63) is 35.4 Å². The molecule has 2 rings (SSSR count). The Morgan fingerprint density at radius 2 is 1.72 bits per heavy atom. The number of alkyl halides is 1. The van der Waals surface area contributed by atoms with Gasteiger partial charge in [0.25, 0.3) is 0 Å². The molecular weight excluding hydrogens is 292 g/mol. The van der Waals surface area contributed by atoms with Crippen LogP contribution < -0.4 is 0 Å². The first-order valence-electron chi connectivity index (χ1n) is 6.70. The average molecular weight is 313 g/mol. The van der Waals surface area contributed by atoms with E-state index in [4.69, 9.17) is 9.47 Å². The third kappa shape index (κ3) is 3.34. The van der Waals surface area contributed by atoms with E-state index in [2.05, 4.69) is 47.1 Å². The molecule has 0 aromatic heterocycles. The van der Waals surface area contributed by atoms with Gasteiger partial charge in [-0.1, -0.05) is 53.5 Å².